The number of nitrogens with two attached hydrogens (primary N) is 1. The number of nitrogens with one attached hydrogen (secondary N) is 1. The number of anilines is 3. The molecule has 0 radical (unpaired) electrons. The van der Waals surface area contributed by atoms with Crippen molar-refractivity contribution in [3.05, 3.63) is 51.5 Å². The summed E-state index contributed by atoms with van der Waals surface area (Å²) in [6, 6.07) is 8.01. The number of nitrogen functional groups attached to an aromatic ring is 1. The van der Waals surface area contributed by atoms with Crippen LogP contribution in [0, 0.1) is 27.7 Å². The lowest BCUT2D eigenvalue weighted by Crippen LogP contribution is -1.98. The van der Waals surface area contributed by atoms with Crippen LogP contribution in [0.25, 0.3) is 31.8 Å². The van der Waals surface area contributed by atoms with Gasteiger partial charge in [0, 0.05) is 21.0 Å². The summed E-state index contributed by atoms with van der Waals surface area (Å²) in [7, 11) is 0. The van der Waals surface area contributed by atoms with Crippen molar-refractivity contribution in [1.29, 1.82) is 0 Å². The van der Waals surface area contributed by atoms with Gasteiger partial charge in [-0.15, -0.1) is 22.7 Å². The monoisotopic (exact) mass is 432 g/mol. The van der Waals surface area contributed by atoms with Gasteiger partial charge >= 0.3 is 0 Å². The number of rotatable bonds is 3. The number of benzene rings is 1. The molecule has 0 atom stereocenters. The zero-order valence-electron chi connectivity index (χ0n) is 17.1. The molecular formula is C22H20N6S2. The van der Waals surface area contributed by atoms with Crippen LogP contribution in [-0.4, -0.2) is 19.9 Å². The first kappa shape index (κ1) is 18.9. The Labute approximate surface area is 181 Å². The molecule has 6 nitrogen and oxygen atoms in total. The molecule has 0 fully saturated rings. The van der Waals surface area contributed by atoms with Crippen LogP contribution in [0.3, 0.4) is 0 Å². The Morgan fingerprint density at radius 1 is 0.867 bits per heavy atom. The van der Waals surface area contributed by atoms with Crippen molar-refractivity contribution in [2.45, 2.75) is 27.7 Å². The minimum absolute atomic E-state index is 0.525. The van der Waals surface area contributed by atoms with Gasteiger partial charge in [-0.2, -0.15) is 0 Å². The SMILES string of the molecule is Cc1sc2nc(-c3cccc(Nc4ncnc5sc(C)c(C)c45)c3)nc(N)c2c1C. The average molecular weight is 433 g/mol. The Balaban J connectivity index is 1.57. The van der Waals surface area contributed by atoms with E-state index in [-0.39, 0.29) is 0 Å². The molecule has 0 amide bonds. The number of aryl methyl sites for hydroxylation is 4. The van der Waals surface area contributed by atoms with E-state index in [0.717, 1.165) is 43.1 Å². The van der Waals surface area contributed by atoms with Crippen LogP contribution in [-0.2, 0) is 0 Å². The Kier molecular flexibility index (Phi) is 4.41. The van der Waals surface area contributed by atoms with E-state index in [2.05, 4.69) is 48.0 Å². The van der Waals surface area contributed by atoms with Crippen LogP contribution in [0.15, 0.2) is 30.6 Å². The highest BCUT2D eigenvalue weighted by Gasteiger charge is 2.15. The second kappa shape index (κ2) is 7.00. The third kappa shape index (κ3) is 3.00. The van der Waals surface area contributed by atoms with E-state index in [0.29, 0.717) is 11.6 Å². The zero-order chi connectivity index (χ0) is 21.0. The predicted octanol–water partition coefficient (Wildman–Crippen LogP) is 5.92. The third-order valence-corrected chi connectivity index (χ3v) is 7.62. The van der Waals surface area contributed by atoms with Gasteiger partial charge in [0.2, 0.25) is 0 Å². The maximum Gasteiger partial charge on any atom is 0.163 e. The molecule has 5 rings (SSSR count). The minimum atomic E-state index is 0.525. The quantitative estimate of drug-likeness (QED) is 0.368. The van der Waals surface area contributed by atoms with E-state index in [1.54, 1.807) is 29.0 Å². The Hall–Kier alpha value is -3.10. The van der Waals surface area contributed by atoms with Gasteiger partial charge in [-0.1, -0.05) is 12.1 Å². The number of hydrogen-bond acceptors (Lipinski definition) is 8. The highest BCUT2D eigenvalue weighted by Crippen LogP contribution is 2.36. The van der Waals surface area contributed by atoms with Gasteiger partial charge in [-0.25, -0.2) is 19.9 Å². The van der Waals surface area contributed by atoms with Crippen LogP contribution in [0.5, 0.6) is 0 Å². The normalized spacial score (nSPS) is 11.5. The summed E-state index contributed by atoms with van der Waals surface area (Å²) in [4.78, 5) is 22.6. The van der Waals surface area contributed by atoms with Gasteiger partial charge in [-0.3, -0.25) is 0 Å². The molecule has 0 aliphatic rings. The molecule has 4 heterocycles. The number of aromatic nitrogens is 4. The summed E-state index contributed by atoms with van der Waals surface area (Å²) in [5, 5.41) is 5.47. The van der Waals surface area contributed by atoms with Crippen molar-refractivity contribution < 1.29 is 0 Å². The second-order valence-corrected chi connectivity index (χ2v) is 9.69. The van der Waals surface area contributed by atoms with Gasteiger partial charge in [0.05, 0.1) is 10.8 Å². The molecule has 0 spiro atoms. The topological polar surface area (TPSA) is 89.6 Å². The maximum absolute atomic E-state index is 6.28. The molecular weight excluding hydrogens is 412 g/mol. The smallest absolute Gasteiger partial charge is 0.163 e. The Morgan fingerprint density at radius 3 is 2.40 bits per heavy atom. The lowest BCUT2D eigenvalue weighted by molar-refractivity contribution is 1.22. The van der Waals surface area contributed by atoms with Crippen LogP contribution in [0.4, 0.5) is 17.3 Å². The van der Waals surface area contributed by atoms with E-state index in [9.17, 15) is 0 Å². The van der Waals surface area contributed by atoms with Crippen molar-refractivity contribution >= 4 is 60.4 Å². The number of hydrogen-bond donors (Lipinski definition) is 2. The number of nitrogens with zero attached hydrogens (tertiary/aromatic N) is 4. The van der Waals surface area contributed by atoms with Gasteiger partial charge in [0.15, 0.2) is 5.82 Å². The number of fused-ring (bicyclic) bond motifs is 2. The van der Waals surface area contributed by atoms with Crippen molar-refractivity contribution in [2.24, 2.45) is 0 Å². The van der Waals surface area contributed by atoms with Gasteiger partial charge in [-0.05, 0) is 51.0 Å². The molecule has 4 aromatic heterocycles. The molecule has 30 heavy (non-hydrogen) atoms. The first-order valence-corrected chi connectivity index (χ1v) is 11.2. The number of thiophene rings is 2. The van der Waals surface area contributed by atoms with Crippen molar-refractivity contribution in [3.8, 4) is 11.4 Å². The Bertz CT molecular complexity index is 1430. The summed E-state index contributed by atoms with van der Waals surface area (Å²) in [6.07, 6.45) is 1.60. The molecule has 1 aromatic carbocycles. The average Bonchev–Trinajstić information content (AvgIpc) is 3.18. The Morgan fingerprint density at radius 2 is 1.60 bits per heavy atom. The lowest BCUT2D eigenvalue weighted by atomic mass is 10.1. The van der Waals surface area contributed by atoms with E-state index >= 15 is 0 Å². The van der Waals surface area contributed by atoms with Crippen LogP contribution >= 0.6 is 22.7 Å². The van der Waals surface area contributed by atoms with Crippen LogP contribution in [0.1, 0.15) is 20.9 Å². The molecule has 8 heteroatoms. The summed E-state index contributed by atoms with van der Waals surface area (Å²) in [6.45, 7) is 8.37. The van der Waals surface area contributed by atoms with Crippen molar-refractivity contribution in [1.82, 2.24) is 19.9 Å². The zero-order valence-corrected chi connectivity index (χ0v) is 18.7. The lowest BCUT2D eigenvalue weighted by Gasteiger charge is -2.09. The summed E-state index contributed by atoms with van der Waals surface area (Å²) in [5.41, 5.74) is 10.5. The minimum Gasteiger partial charge on any atom is -0.383 e. The van der Waals surface area contributed by atoms with Gasteiger partial charge < -0.3 is 11.1 Å². The first-order chi connectivity index (χ1) is 14.4. The van der Waals surface area contributed by atoms with E-state index in [1.807, 2.05) is 24.3 Å². The molecule has 0 unspecified atom stereocenters. The molecule has 0 aliphatic heterocycles. The molecule has 0 bridgehead atoms. The van der Waals surface area contributed by atoms with E-state index in [4.69, 9.17) is 10.7 Å². The van der Waals surface area contributed by atoms with Crippen molar-refractivity contribution in [2.75, 3.05) is 11.1 Å². The molecule has 5 aromatic rings. The van der Waals surface area contributed by atoms with Gasteiger partial charge in [0.25, 0.3) is 0 Å². The molecule has 0 saturated heterocycles. The van der Waals surface area contributed by atoms with Gasteiger partial charge in [0.1, 0.15) is 27.6 Å². The van der Waals surface area contributed by atoms with Crippen LogP contribution in [0.2, 0.25) is 0 Å². The molecule has 150 valence electrons. The predicted molar refractivity (Wildman–Crippen MR) is 127 cm³/mol. The second-order valence-electron chi connectivity index (χ2n) is 7.29. The highest BCUT2D eigenvalue weighted by molar-refractivity contribution is 7.19. The fourth-order valence-corrected chi connectivity index (χ4v) is 5.59. The highest BCUT2D eigenvalue weighted by atomic mass is 32.1. The molecule has 0 aliphatic carbocycles. The van der Waals surface area contributed by atoms with E-state index < -0.39 is 0 Å². The van der Waals surface area contributed by atoms with Crippen LogP contribution < -0.4 is 11.1 Å². The first-order valence-electron chi connectivity index (χ1n) is 9.53. The largest absolute Gasteiger partial charge is 0.383 e. The molecule has 3 N–H and O–H groups in total. The summed E-state index contributed by atoms with van der Waals surface area (Å²) in [5.74, 6) is 1.96. The third-order valence-electron chi connectivity index (χ3n) is 5.41. The fraction of sp³-hybridized carbons (Fsp3) is 0.182. The van der Waals surface area contributed by atoms with E-state index in [1.165, 1.54) is 15.3 Å². The summed E-state index contributed by atoms with van der Waals surface area (Å²) >= 11 is 3.34. The molecule has 0 saturated carbocycles. The fourth-order valence-electron chi connectivity index (χ4n) is 3.56. The maximum atomic E-state index is 6.28. The summed E-state index contributed by atoms with van der Waals surface area (Å²) < 4.78 is 0. The standard InChI is InChI=1S/C22H20N6S2/c1-10-12(3)30-22-16(10)18(23)27-19(28-22)14-6-5-7-15(8-14)26-20-17-11(2)13(4)29-21(17)25-9-24-20/h5-9H,1-4H3,(H2,23,27,28)(H,24,25,26). The van der Waals surface area contributed by atoms with Crippen molar-refractivity contribution in [3.63, 3.8) is 0 Å².